The van der Waals surface area contributed by atoms with Gasteiger partial charge in [-0.2, -0.15) is 0 Å². The van der Waals surface area contributed by atoms with Crippen molar-refractivity contribution < 1.29 is 0 Å². The molecule has 1 aromatic rings. The standard InChI is InChI=1S/C11H18N4/c12-6-5-8-2-1-7-15-10(8)13-14-11(15)9-3-4-9/h8-9H,1-7,12H2. The lowest BCUT2D eigenvalue weighted by molar-refractivity contribution is 0.421. The zero-order valence-corrected chi connectivity index (χ0v) is 9.02. The van der Waals surface area contributed by atoms with Crippen molar-refractivity contribution in [3.05, 3.63) is 11.6 Å². The Bertz CT molecular complexity index is 353. The summed E-state index contributed by atoms with van der Waals surface area (Å²) >= 11 is 0. The summed E-state index contributed by atoms with van der Waals surface area (Å²) in [5.74, 6) is 3.71. The Morgan fingerprint density at radius 2 is 2.00 bits per heavy atom. The number of fused-ring (bicyclic) bond motifs is 1. The molecule has 1 aliphatic carbocycles. The molecule has 2 heterocycles. The molecule has 4 nitrogen and oxygen atoms in total. The van der Waals surface area contributed by atoms with Gasteiger partial charge in [-0.05, 0) is 38.6 Å². The summed E-state index contributed by atoms with van der Waals surface area (Å²) in [6.07, 6.45) is 6.16. The quantitative estimate of drug-likeness (QED) is 0.813. The van der Waals surface area contributed by atoms with Crippen LogP contribution >= 0.6 is 0 Å². The Hall–Kier alpha value is -0.900. The highest BCUT2D eigenvalue weighted by molar-refractivity contribution is 5.12. The largest absolute Gasteiger partial charge is 0.330 e. The predicted molar refractivity (Wildman–Crippen MR) is 57.6 cm³/mol. The van der Waals surface area contributed by atoms with Gasteiger partial charge >= 0.3 is 0 Å². The Labute approximate surface area is 89.9 Å². The van der Waals surface area contributed by atoms with Crippen molar-refractivity contribution in [2.75, 3.05) is 6.54 Å². The summed E-state index contributed by atoms with van der Waals surface area (Å²) in [5, 5.41) is 8.74. The van der Waals surface area contributed by atoms with E-state index in [9.17, 15) is 0 Å². The first-order valence-electron chi connectivity index (χ1n) is 6.03. The summed E-state index contributed by atoms with van der Waals surface area (Å²) in [6, 6.07) is 0. The van der Waals surface area contributed by atoms with Gasteiger partial charge in [-0.15, -0.1) is 10.2 Å². The zero-order valence-electron chi connectivity index (χ0n) is 9.02. The average Bonchev–Trinajstić information content (AvgIpc) is 3.00. The van der Waals surface area contributed by atoms with E-state index in [1.165, 1.54) is 37.3 Å². The zero-order chi connectivity index (χ0) is 10.3. The Kier molecular flexibility index (Phi) is 2.24. The molecular formula is C11H18N4. The van der Waals surface area contributed by atoms with E-state index >= 15 is 0 Å². The molecule has 4 heteroatoms. The van der Waals surface area contributed by atoms with Gasteiger partial charge < -0.3 is 10.3 Å². The van der Waals surface area contributed by atoms with Crippen molar-refractivity contribution in [3.8, 4) is 0 Å². The maximum absolute atomic E-state index is 5.64. The highest BCUT2D eigenvalue weighted by atomic mass is 15.3. The van der Waals surface area contributed by atoms with Crippen molar-refractivity contribution in [2.24, 2.45) is 5.73 Å². The number of aromatic nitrogens is 3. The maximum Gasteiger partial charge on any atom is 0.136 e. The highest BCUT2D eigenvalue weighted by Gasteiger charge is 2.33. The van der Waals surface area contributed by atoms with Crippen LogP contribution in [0, 0.1) is 0 Å². The first-order chi connectivity index (χ1) is 7.40. The summed E-state index contributed by atoms with van der Waals surface area (Å²) in [6.45, 7) is 1.88. The molecular weight excluding hydrogens is 188 g/mol. The third kappa shape index (κ3) is 1.57. The van der Waals surface area contributed by atoms with Gasteiger partial charge in [-0.3, -0.25) is 0 Å². The topological polar surface area (TPSA) is 56.7 Å². The normalized spacial score (nSPS) is 25.3. The second-order valence-corrected chi connectivity index (χ2v) is 4.76. The average molecular weight is 206 g/mol. The van der Waals surface area contributed by atoms with E-state index in [1.54, 1.807) is 0 Å². The molecule has 0 radical (unpaired) electrons. The number of hydrogen-bond acceptors (Lipinski definition) is 3. The van der Waals surface area contributed by atoms with Crippen LogP contribution < -0.4 is 5.73 Å². The van der Waals surface area contributed by atoms with Crippen molar-refractivity contribution in [1.82, 2.24) is 14.8 Å². The van der Waals surface area contributed by atoms with Crippen LogP contribution in [0.4, 0.5) is 0 Å². The van der Waals surface area contributed by atoms with E-state index in [4.69, 9.17) is 5.73 Å². The molecule has 0 bridgehead atoms. The van der Waals surface area contributed by atoms with E-state index in [0.717, 1.165) is 19.5 Å². The first kappa shape index (κ1) is 9.33. The summed E-state index contributed by atoms with van der Waals surface area (Å²) in [7, 11) is 0. The van der Waals surface area contributed by atoms with Gasteiger partial charge in [-0.1, -0.05) is 0 Å². The number of nitrogens with two attached hydrogens (primary N) is 1. The molecule has 0 amide bonds. The van der Waals surface area contributed by atoms with Crippen molar-refractivity contribution in [3.63, 3.8) is 0 Å². The fourth-order valence-electron chi connectivity index (χ4n) is 2.60. The maximum atomic E-state index is 5.64. The molecule has 1 aromatic heterocycles. The molecule has 0 aromatic carbocycles. The number of hydrogen-bond donors (Lipinski definition) is 1. The van der Waals surface area contributed by atoms with Crippen LogP contribution in [-0.4, -0.2) is 21.3 Å². The fourth-order valence-corrected chi connectivity index (χ4v) is 2.60. The Morgan fingerprint density at radius 1 is 1.20 bits per heavy atom. The molecule has 0 saturated heterocycles. The van der Waals surface area contributed by atoms with Crippen LogP contribution in [-0.2, 0) is 6.54 Å². The van der Waals surface area contributed by atoms with E-state index in [0.29, 0.717) is 11.8 Å². The third-order valence-corrected chi connectivity index (χ3v) is 3.57. The molecule has 1 aliphatic heterocycles. The highest BCUT2D eigenvalue weighted by Crippen LogP contribution is 2.41. The lowest BCUT2D eigenvalue weighted by atomic mass is 9.95. The molecule has 1 saturated carbocycles. The van der Waals surface area contributed by atoms with Gasteiger partial charge in [0.25, 0.3) is 0 Å². The van der Waals surface area contributed by atoms with Gasteiger partial charge in [0.15, 0.2) is 0 Å². The minimum absolute atomic E-state index is 0.559. The smallest absolute Gasteiger partial charge is 0.136 e. The van der Waals surface area contributed by atoms with E-state index < -0.39 is 0 Å². The minimum Gasteiger partial charge on any atom is -0.330 e. The van der Waals surface area contributed by atoms with E-state index in [2.05, 4.69) is 14.8 Å². The second-order valence-electron chi connectivity index (χ2n) is 4.76. The second kappa shape index (κ2) is 3.59. The van der Waals surface area contributed by atoms with Crippen LogP contribution in [0.1, 0.15) is 55.6 Å². The monoisotopic (exact) mass is 206 g/mol. The first-order valence-corrected chi connectivity index (χ1v) is 6.03. The van der Waals surface area contributed by atoms with Crippen molar-refractivity contribution in [2.45, 2.75) is 50.5 Å². The Balaban J connectivity index is 1.91. The summed E-state index contributed by atoms with van der Waals surface area (Å²) in [5.41, 5.74) is 5.64. The Morgan fingerprint density at radius 3 is 2.73 bits per heavy atom. The number of nitrogens with zero attached hydrogens (tertiary/aromatic N) is 3. The predicted octanol–water partition coefficient (Wildman–Crippen LogP) is 1.38. The molecule has 82 valence electrons. The van der Waals surface area contributed by atoms with Gasteiger partial charge in [0.1, 0.15) is 11.6 Å². The fraction of sp³-hybridized carbons (Fsp3) is 0.818. The molecule has 0 spiro atoms. The molecule has 2 N–H and O–H groups in total. The third-order valence-electron chi connectivity index (χ3n) is 3.57. The van der Waals surface area contributed by atoms with Crippen molar-refractivity contribution in [1.29, 1.82) is 0 Å². The van der Waals surface area contributed by atoms with Crippen LogP contribution in [0.25, 0.3) is 0 Å². The molecule has 15 heavy (non-hydrogen) atoms. The van der Waals surface area contributed by atoms with E-state index in [1.807, 2.05) is 0 Å². The lowest BCUT2D eigenvalue weighted by Gasteiger charge is -2.23. The van der Waals surface area contributed by atoms with Crippen LogP contribution in [0.3, 0.4) is 0 Å². The van der Waals surface area contributed by atoms with E-state index in [-0.39, 0.29) is 0 Å². The molecule has 3 rings (SSSR count). The lowest BCUT2D eigenvalue weighted by Crippen LogP contribution is -2.19. The summed E-state index contributed by atoms with van der Waals surface area (Å²) < 4.78 is 2.36. The SMILES string of the molecule is NCCC1CCCn2c1nnc2C1CC1. The minimum atomic E-state index is 0.559. The molecule has 1 fully saturated rings. The summed E-state index contributed by atoms with van der Waals surface area (Å²) in [4.78, 5) is 0. The van der Waals surface area contributed by atoms with Gasteiger partial charge in [0.2, 0.25) is 0 Å². The molecule has 1 atom stereocenters. The van der Waals surface area contributed by atoms with Crippen molar-refractivity contribution >= 4 is 0 Å². The van der Waals surface area contributed by atoms with Gasteiger partial charge in [0.05, 0.1) is 0 Å². The van der Waals surface area contributed by atoms with Crippen LogP contribution in [0.15, 0.2) is 0 Å². The van der Waals surface area contributed by atoms with Crippen LogP contribution in [0.5, 0.6) is 0 Å². The molecule has 1 unspecified atom stereocenters. The molecule has 2 aliphatic rings. The van der Waals surface area contributed by atoms with Gasteiger partial charge in [0, 0.05) is 18.4 Å². The number of rotatable bonds is 3. The van der Waals surface area contributed by atoms with Crippen LogP contribution in [0.2, 0.25) is 0 Å². The van der Waals surface area contributed by atoms with Gasteiger partial charge in [-0.25, -0.2) is 0 Å².